The Bertz CT molecular complexity index is 4230. The van der Waals surface area contributed by atoms with Crippen molar-refractivity contribution in [3.63, 3.8) is 0 Å². The van der Waals surface area contributed by atoms with E-state index in [2.05, 4.69) is 74.4 Å². The van der Waals surface area contributed by atoms with Crippen molar-refractivity contribution in [2.75, 3.05) is 32.7 Å². The standard InChI is InChI=1S/C84H116N18O18/c1-7-51(6)72(102-82(119)71(50(4)5)101-80(117)63(45-56-33-35-57(103)36-34-56)93-67(105)47-90-66(104)46-91-73(110)62(42-53-25-14-9-15-26-53)100-81(118)70(86)49(2)3)83(120)96-59(32-22-40-89-84(87)88)75(112)94-58(31-20-21-39-85)76(113)98-65(44-55-29-18-11-19-30-55)79(116)99-64(43-54-27-16-10-17-28-54)78(115)95-60(37-38-68(106)107)77(114)97-61(74(111)92-48-69(108)109)41-52-23-12-8-13-24-52/h8-19,23-30,33-36,49-51,58-65,70-72,103H,7,20-22,31-32,37-48,85-86H2,1-6H3,(H,90,104)(H,91,110)(H,92,111)(H,93,105)(H,94,112)(H,95,115)(H,96,120)(H,97,114)(H,98,113)(H,99,116)(H,100,118)(H,101,117)(H,102,119)(H,106,107)(H,108,109)(H4,87,88,89)/t51-,58-,59-,60-,61-,62-,63-,64-,65-,70-,71-,72-/m0/s1. The van der Waals surface area contributed by atoms with E-state index in [1.54, 1.807) is 163 Å². The number of unbranched alkanes of at least 4 members (excludes halogenated alkanes) is 1. The zero-order chi connectivity index (χ0) is 88.4. The molecule has 0 saturated carbocycles. The molecule has 0 radical (unpaired) electrons. The number of guanidine groups is 1. The Morgan fingerprint density at radius 2 is 0.708 bits per heavy atom. The minimum Gasteiger partial charge on any atom is -0.508 e. The van der Waals surface area contributed by atoms with Crippen LogP contribution >= 0.6 is 0 Å². The lowest BCUT2D eigenvalue weighted by Crippen LogP contribution is -2.62. The van der Waals surface area contributed by atoms with Gasteiger partial charge in [0.1, 0.15) is 72.7 Å². The molecule has 0 spiro atoms. The SMILES string of the molecule is CC[C@H](C)[C@H](NC(=O)[C@@H](NC(=O)[C@H](Cc1ccc(O)cc1)NC(=O)CNC(=O)CNC(=O)[C@H](Cc1ccccc1)NC(=O)[C@@H](N)C(C)C)C(C)C)C(=O)N[C@@H](CCCNC(=N)N)C(=O)N[C@@H](CCCCN)C(=O)N[C@@H](Cc1ccccc1)C(=O)N[C@@H](Cc1ccccc1)C(=O)N[C@@H](CCC(=O)O)C(=O)N[C@@H](Cc1ccccc1)C(=O)NCC(=O)O. The first-order valence-corrected chi connectivity index (χ1v) is 39.9. The Labute approximate surface area is 697 Å². The average Bonchev–Trinajstić information content (AvgIpc) is 0.852. The fourth-order valence-corrected chi connectivity index (χ4v) is 12.4. The zero-order valence-corrected chi connectivity index (χ0v) is 68.4. The van der Waals surface area contributed by atoms with Crippen molar-refractivity contribution in [3.8, 4) is 5.75 Å². The van der Waals surface area contributed by atoms with Crippen molar-refractivity contribution in [1.82, 2.24) is 74.4 Å². The van der Waals surface area contributed by atoms with Crippen molar-refractivity contribution in [2.24, 2.45) is 35.0 Å². The van der Waals surface area contributed by atoms with Gasteiger partial charge >= 0.3 is 11.9 Å². The molecule has 0 aliphatic rings. The van der Waals surface area contributed by atoms with Gasteiger partial charge in [-0.15, -0.1) is 0 Å². The van der Waals surface area contributed by atoms with Gasteiger partial charge in [0.25, 0.3) is 0 Å². The molecule has 120 heavy (non-hydrogen) atoms. The minimum atomic E-state index is -1.67. The maximum atomic E-state index is 15.1. The molecule has 13 amide bonds. The van der Waals surface area contributed by atoms with E-state index in [0.717, 1.165) is 0 Å². The summed E-state index contributed by atoms with van der Waals surface area (Å²) >= 11 is 0. The third-order valence-electron chi connectivity index (χ3n) is 19.5. The van der Waals surface area contributed by atoms with Gasteiger partial charge in [0, 0.05) is 45.1 Å². The fraction of sp³-hybridized carbons (Fsp3) is 0.452. The van der Waals surface area contributed by atoms with Gasteiger partial charge in [-0.25, -0.2) is 0 Å². The molecule has 0 aliphatic carbocycles. The minimum absolute atomic E-state index is 0.0215. The molecule has 12 atom stereocenters. The molecule has 0 aliphatic heterocycles. The van der Waals surface area contributed by atoms with Gasteiger partial charge in [-0.2, -0.15) is 0 Å². The first-order chi connectivity index (χ1) is 57.1. The number of rotatable bonds is 52. The molecule has 0 heterocycles. The van der Waals surface area contributed by atoms with Gasteiger partial charge in [0.2, 0.25) is 76.8 Å². The summed E-state index contributed by atoms with van der Waals surface area (Å²) < 4.78 is 0. The van der Waals surface area contributed by atoms with Crippen LogP contribution in [0.1, 0.15) is 121 Å². The summed E-state index contributed by atoms with van der Waals surface area (Å²) in [4.78, 5) is 209. The number of carboxylic acids is 2. The van der Waals surface area contributed by atoms with Gasteiger partial charge in [0.05, 0.1) is 19.1 Å². The van der Waals surface area contributed by atoms with Crippen LogP contribution < -0.4 is 91.6 Å². The second-order valence-electron chi connectivity index (χ2n) is 29.9. The van der Waals surface area contributed by atoms with Crippen LogP contribution in [-0.4, -0.2) is 209 Å². The normalized spacial score (nSPS) is 14.0. The molecule has 0 fully saturated rings. The van der Waals surface area contributed by atoms with E-state index in [-0.39, 0.29) is 89.0 Å². The van der Waals surface area contributed by atoms with Crippen LogP contribution in [0.25, 0.3) is 0 Å². The maximum absolute atomic E-state index is 15.1. The number of hydrogen-bond donors (Lipinski definition) is 21. The number of amides is 13. The Morgan fingerprint density at radius 3 is 1.12 bits per heavy atom. The van der Waals surface area contributed by atoms with Crippen molar-refractivity contribution < 1.29 is 87.2 Å². The first kappa shape index (κ1) is 97.7. The maximum Gasteiger partial charge on any atom is 0.322 e. The fourth-order valence-electron chi connectivity index (χ4n) is 12.4. The van der Waals surface area contributed by atoms with Crippen LogP contribution in [0.5, 0.6) is 5.75 Å². The van der Waals surface area contributed by atoms with Crippen LogP contribution in [0.3, 0.4) is 0 Å². The number of hydrogen-bond acceptors (Lipinski definition) is 19. The van der Waals surface area contributed by atoms with E-state index < -0.39 is 205 Å². The number of carbonyl (C=O) groups is 15. The molecule has 0 bridgehead atoms. The quantitative estimate of drug-likeness (QED) is 0.0128. The highest BCUT2D eigenvalue weighted by Gasteiger charge is 2.38. The predicted molar refractivity (Wildman–Crippen MR) is 444 cm³/mol. The monoisotopic (exact) mass is 1660 g/mol. The molecule has 0 aromatic heterocycles. The third-order valence-corrected chi connectivity index (χ3v) is 19.5. The summed E-state index contributed by atoms with van der Waals surface area (Å²) in [6.07, 6.45) is -1.29. The Kier molecular flexibility index (Phi) is 41.8. The third kappa shape index (κ3) is 35.5. The lowest BCUT2D eigenvalue weighted by atomic mass is 9.95. The molecule has 36 heteroatoms. The Hall–Kier alpha value is -12.9. The molecule has 36 nitrogen and oxygen atoms in total. The van der Waals surface area contributed by atoms with Crippen molar-refractivity contribution in [3.05, 3.63) is 173 Å². The highest BCUT2D eigenvalue weighted by atomic mass is 16.4. The lowest BCUT2D eigenvalue weighted by Gasteiger charge is -2.31. The lowest BCUT2D eigenvalue weighted by molar-refractivity contribution is -0.139. The Morgan fingerprint density at radius 1 is 0.358 bits per heavy atom. The summed E-state index contributed by atoms with van der Waals surface area (Å²) in [5.41, 5.74) is 20.3. The largest absolute Gasteiger partial charge is 0.508 e. The van der Waals surface area contributed by atoms with Gasteiger partial charge in [-0.05, 0) is 103 Å². The number of aromatic hydroxyl groups is 1. The molecule has 650 valence electrons. The van der Waals surface area contributed by atoms with E-state index in [1.165, 1.54) is 24.3 Å². The van der Waals surface area contributed by atoms with Gasteiger partial charge in [-0.3, -0.25) is 77.3 Å². The molecular formula is C84H116N18O18. The van der Waals surface area contributed by atoms with Crippen molar-refractivity contribution in [1.29, 1.82) is 5.41 Å². The number of nitrogens with one attached hydrogen (secondary N) is 15. The van der Waals surface area contributed by atoms with E-state index in [0.29, 0.717) is 34.2 Å². The molecule has 5 aromatic carbocycles. The number of carboxylic acid groups (broad SMARTS) is 2. The summed E-state index contributed by atoms with van der Waals surface area (Å²) in [7, 11) is 0. The van der Waals surface area contributed by atoms with E-state index in [4.69, 9.17) is 22.6 Å². The number of aliphatic carboxylic acids is 2. The van der Waals surface area contributed by atoms with Crippen molar-refractivity contribution in [2.45, 2.75) is 191 Å². The smallest absolute Gasteiger partial charge is 0.322 e. The summed E-state index contributed by atoms with van der Waals surface area (Å²) in [5, 5.41) is 73.5. The summed E-state index contributed by atoms with van der Waals surface area (Å²) in [6, 6.07) is 24.1. The summed E-state index contributed by atoms with van der Waals surface area (Å²) in [5.74, 6) is -16.2. The zero-order valence-electron chi connectivity index (χ0n) is 68.4. The molecule has 24 N–H and O–H groups in total. The van der Waals surface area contributed by atoms with Crippen LogP contribution in [-0.2, 0) is 104 Å². The molecule has 5 aromatic rings. The molecule has 0 saturated heterocycles. The number of phenolic OH excluding ortho intramolecular Hbond substituents is 1. The second-order valence-corrected chi connectivity index (χ2v) is 29.9. The number of phenols is 1. The van der Waals surface area contributed by atoms with Gasteiger partial charge in [0.15, 0.2) is 5.96 Å². The highest BCUT2D eigenvalue weighted by Crippen LogP contribution is 2.18. The van der Waals surface area contributed by atoms with Crippen LogP contribution in [0.15, 0.2) is 146 Å². The van der Waals surface area contributed by atoms with Crippen molar-refractivity contribution >= 4 is 94.7 Å². The van der Waals surface area contributed by atoms with Crippen LogP contribution in [0.2, 0.25) is 0 Å². The summed E-state index contributed by atoms with van der Waals surface area (Å²) in [6.45, 7) is 8.13. The topological polar surface area (TPSA) is 587 Å². The van der Waals surface area contributed by atoms with Crippen LogP contribution in [0, 0.1) is 23.2 Å². The van der Waals surface area contributed by atoms with E-state index in [1.807, 2.05) is 0 Å². The first-order valence-electron chi connectivity index (χ1n) is 39.9. The van der Waals surface area contributed by atoms with Gasteiger partial charge < -0.3 is 107 Å². The molecule has 0 unspecified atom stereocenters. The second kappa shape index (κ2) is 51.4. The average molecular weight is 1670 g/mol. The van der Waals surface area contributed by atoms with Gasteiger partial charge in [-0.1, -0.05) is 181 Å². The molecule has 5 rings (SSSR count). The number of carbonyl (C=O) groups excluding carboxylic acids is 13. The Balaban J connectivity index is 1.39. The predicted octanol–water partition coefficient (Wildman–Crippen LogP) is -0.871. The number of nitrogens with two attached hydrogens (primary N) is 3. The van der Waals surface area contributed by atoms with Crippen LogP contribution in [0.4, 0.5) is 0 Å². The molecular weight excluding hydrogens is 1550 g/mol. The van der Waals surface area contributed by atoms with E-state index in [9.17, 15) is 77.6 Å². The highest BCUT2D eigenvalue weighted by molar-refractivity contribution is 6.00. The van der Waals surface area contributed by atoms with E-state index >= 15 is 9.59 Å². The number of benzene rings is 5.